The van der Waals surface area contributed by atoms with Gasteiger partial charge in [0.25, 0.3) is 0 Å². The summed E-state index contributed by atoms with van der Waals surface area (Å²) in [4.78, 5) is 0. The summed E-state index contributed by atoms with van der Waals surface area (Å²) in [5.41, 5.74) is 3.07. The topological polar surface area (TPSA) is 60.7 Å². The zero-order valence-corrected chi connectivity index (χ0v) is 14.6. The molecule has 3 aliphatic carbocycles. The van der Waals surface area contributed by atoms with Crippen molar-refractivity contribution in [3.05, 3.63) is 23.3 Å². The highest BCUT2D eigenvalue weighted by Crippen LogP contribution is 2.59. The first-order valence-corrected chi connectivity index (χ1v) is 9.25. The van der Waals surface area contributed by atoms with Crippen LogP contribution in [0.5, 0.6) is 0 Å². The lowest BCUT2D eigenvalue weighted by atomic mass is 9.61. The first kappa shape index (κ1) is 17.2. The number of allylic oxidation sites excluding steroid dienone is 2. The Balaban J connectivity index is 2.07. The van der Waals surface area contributed by atoms with Crippen molar-refractivity contribution in [2.45, 2.75) is 71.0 Å². The van der Waals surface area contributed by atoms with Crippen molar-refractivity contribution < 1.29 is 15.3 Å². The molecule has 1 saturated carbocycles. The van der Waals surface area contributed by atoms with E-state index in [0.717, 1.165) is 25.7 Å². The third-order valence-electron chi connectivity index (χ3n) is 7.10. The lowest BCUT2D eigenvalue weighted by Gasteiger charge is -2.47. The van der Waals surface area contributed by atoms with Crippen molar-refractivity contribution in [1.82, 2.24) is 0 Å². The summed E-state index contributed by atoms with van der Waals surface area (Å²) in [6.45, 7) is 8.67. The first-order chi connectivity index (χ1) is 10.9. The highest BCUT2D eigenvalue weighted by Gasteiger charge is 2.60. The van der Waals surface area contributed by atoms with Crippen LogP contribution in [0.4, 0.5) is 0 Å². The Bertz CT molecular complexity index is 509. The van der Waals surface area contributed by atoms with Crippen molar-refractivity contribution in [2.75, 3.05) is 6.61 Å². The van der Waals surface area contributed by atoms with Gasteiger partial charge in [0.05, 0.1) is 24.2 Å². The highest BCUT2D eigenvalue weighted by atomic mass is 16.3. The molecule has 23 heavy (non-hydrogen) atoms. The Morgan fingerprint density at radius 2 is 1.91 bits per heavy atom. The van der Waals surface area contributed by atoms with E-state index >= 15 is 0 Å². The molecule has 0 aliphatic heterocycles. The summed E-state index contributed by atoms with van der Waals surface area (Å²) in [6.07, 6.45) is 5.51. The number of aliphatic hydroxyl groups is 3. The van der Waals surface area contributed by atoms with Gasteiger partial charge in [-0.05, 0) is 63.2 Å². The molecule has 3 aliphatic rings. The predicted molar refractivity (Wildman–Crippen MR) is 91.8 cm³/mol. The number of aliphatic hydroxyl groups excluding tert-OH is 3. The number of hydrogen-bond acceptors (Lipinski definition) is 3. The average molecular weight is 320 g/mol. The van der Waals surface area contributed by atoms with Crippen LogP contribution < -0.4 is 0 Å². The molecule has 0 saturated heterocycles. The van der Waals surface area contributed by atoms with E-state index in [1.807, 2.05) is 0 Å². The third kappa shape index (κ3) is 2.61. The lowest BCUT2D eigenvalue weighted by Crippen LogP contribution is -2.52. The number of rotatable bonds is 1. The monoisotopic (exact) mass is 320 g/mol. The van der Waals surface area contributed by atoms with Crippen LogP contribution in [0.3, 0.4) is 0 Å². The van der Waals surface area contributed by atoms with E-state index in [2.05, 4.69) is 20.4 Å². The van der Waals surface area contributed by atoms with Gasteiger partial charge in [-0.15, -0.1) is 0 Å². The molecule has 3 nitrogen and oxygen atoms in total. The van der Waals surface area contributed by atoms with E-state index in [-0.39, 0.29) is 18.4 Å². The molecule has 0 aromatic carbocycles. The molecular weight excluding hydrogens is 288 g/mol. The molecule has 3 N–H and O–H groups in total. The Hall–Kier alpha value is -0.640. The number of hydrogen-bond donors (Lipinski definition) is 3. The second kappa shape index (κ2) is 6.34. The molecule has 1 fully saturated rings. The van der Waals surface area contributed by atoms with E-state index in [4.69, 9.17) is 0 Å². The third-order valence-corrected chi connectivity index (χ3v) is 7.10. The van der Waals surface area contributed by atoms with E-state index in [1.54, 1.807) is 0 Å². The maximum Gasteiger partial charge on any atom is 0.0686 e. The maximum atomic E-state index is 10.9. The SMILES string of the molecule is C=C1CCC[C@H](C)CCC2=C(C)C3C1C[C@@H](O)[C@]3(CO)[C@@H](O)C2. The molecule has 2 unspecified atom stereocenters. The van der Waals surface area contributed by atoms with Gasteiger partial charge in [0.2, 0.25) is 0 Å². The van der Waals surface area contributed by atoms with E-state index in [0.29, 0.717) is 18.8 Å². The van der Waals surface area contributed by atoms with E-state index < -0.39 is 17.6 Å². The lowest BCUT2D eigenvalue weighted by molar-refractivity contribution is -0.106. The molecule has 3 rings (SSSR count). The predicted octanol–water partition coefficient (Wildman–Crippen LogP) is 3.20. The van der Waals surface area contributed by atoms with Gasteiger partial charge in [-0.1, -0.05) is 36.6 Å². The van der Waals surface area contributed by atoms with Gasteiger partial charge < -0.3 is 15.3 Å². The molecule has 0 heterocycles. The van der Waals surface area contributed by atoms with Crippen molar-refractivity contribution in [3.8, 4) is 0 Å². The van der Waals surface area contributed by atoms with Crippen molar-refractivity contribution in [3.63, 3.8) is 0 Å². The van der Waals surface area contributed by atoms with E-state index in [9.17, 15) is 15.3 Å². The smallest absolute Gasteiger partial charge is 0.0686 e. The zero-order chi connectivity index (χ0) is 16.8. The van der Waals surface area contributed by atoms with Gasteiger partial charge in [-0.3, -0.25) is 0 Å². The second-order valence-corrected chi connectivity index (χ2v) is 8.31. The van der Waals surface area contributed by atoms with Crippen LogP contribution in [0.25, 0.3) is 0 Å². The minimum absolute atomic E-state index is 0.0437. The summed E-state index contributed by atoms with van der Waals surface area (Å²) in [5, 5.41) is 31.7. The largest absolute Gasteiger partial charge is 0.396 e. The van der Waals surface area contributed by atoms with Gasteiger partial charge >= 0.3 is 0 Å². The molecule has 0 radical (unpaired) electrons. The second-order valence-electron chi connectivity index (χ2n) is 8.31. The standard InChI is InChI=1S/C20H32O3/c1-12-5-4-6-13(2)16-10-18(23)20(11-21)17(22)9-15(8-7-12)14(3)19(16)20/h12,16-19,21-23H,2,4-11H2,1,3H3/t12-,16?,17-,18+,19?,20-/m0/s1. The minimum Gasteiger partial charge on any atom is -0.396 e. The molecule has 2 bridgehead atoms. The van der Waals surface area contributed by atoms with Crippen LogP contribution in [-0.2, 0) is 0 Å². The van der Waals surface area contributed by atoms with Crippen LogP contribution in [0.2, 0.25) is 0 Å². The van der Waals surface area contributed by atoms with Crippen LogP contribution in [0.15, 0.2) is 23.3 Å². The molecular formula is C20H32O3. The van der Waals surface area contributed by atoms with Crippen molar-refractivity contribution in [2.24, 2.45) is 23.2 Å². The molecule has 0 spiro atoms. The highest BCUT2D eigenvalue weighted by molar-refractivity contribution is 5.32. The fourth-order valence-electron chi connectivity index (χ4n) is 5.56. The van der Waals surface area contributed by atoms with Crippen LogP contribution in [0, 0.1) is 23.2 Å². The Morgan fingerprint density at radius 1 is 1.17 bits per heavy atom. The molecule has 6 atom stereocenters. The average Bonchev–Trinajstić information content (AvgIpc) is 2.82. The van der Waals surface area contributed by atoms with Gasteiger partial charge in [0.1, 0.15) is 0 Å². The molecule has 0 amide bonds. The van der Waals surface area contributed by atoms with Gasteiger partial charge in [0.15, 0.2) is 0 Å². The zero-order valence-electron chi connectivity index (χ0n) is 14.6. The summed E-state index contributed by atoms with van der Waals surface area (Å²) < 4.78 is 0. The molecule has 3 heteroatoms. The van der Waals surface area contributed by atoms with Crippen LogP contribution >= 0.6 is 0 Å². The summed E-state index contributed by atoms with van der Waals surface area (Å²) in [5.74, 6) is 0.936. The van der Waals surface area contributed by atoms with Crippen LogP contribution in [-0.4, -0.2) is 34.1 Å². The molecule has 130 valence electrons. The minimum atomic E-state index is -0.791. The maximum absolute atomic E-state index is 10.9. The van der Waals surface area contributed by atoms with Crippen molar-refractivity contribution >= 4 is 0 Å². The quantitative estimate of drug-likeness (QED) is 0.650. The summed E-state index contributed by atoms with van der Waals surface area (Å²) >= 11 is 0. The first-order valence-electron chi connectivity index (χ1n) is 9.25. The van der Waals surface area contributed by atoms with Gasteiger partial charge in [0, 0.05) is 0 Å². The Morgan fingerprint density at radius 3 is 2.61 bits per heavy atom. The van der Waals surface area contributed by atoms with E-state index in [1.165, 1.54) is 23.1 Å². The summed E-state index contributed by atoms with van der Waals surface area (Å²) in [7, 11) is 0. The molecule has 0 aromatic heterocycles. The van der Waals surface area contributed by atoms with Gasteiger partial charge in [-0.25, -0.2) is 0 Å². The van der Waals surface area contributed by atoms with Crippen molar-refractivity contribution in [1.29, 1.82) is 0 Å². The Labute approximate surface area is 140 Å². The van der Waals surface area contributed by atoms with Crippen LogP contribution in [0.1, 0.15) is 58.8 Å². The Kier molecular flexibility index (Phi) is 4.74. The van der Waals surface area contributed by atoms with Gasteiger partial charge in [-0.2, -0.15) is 0 Å². The summed E-state index contributed by atoms with van der Waals surface area (Å²) in [6, 6.07) is 0. The normalized spacial score (nSPS) is 45.1. The fraction of sp³-hybridized carbons (Fsp3) is 0.800. The fourth-order valence-corrected chi connectivity index (χ4v) is 5.56. The molecule has 0 aromatic rings.